The topological polar surface area (TPSA) is 91.9 Å². The molecule has 0 radical (unpaired) electrons. The molecule has 0 bridgehead atoms. The number of benzene rings is 2. The predicted molar refractivity (Wildman–Crippen MR) is 185 cm³/mol. The van der Waals surface area contributed by atoms with Gasteiger partial charge in [0.15, 0.2) is 0 Å². The molecule has 0 atom stereocenters. The first-order valence-corrected chi connectivity index (χ1v) is 15.4. The number of carbonyl (C=O) groups is 3. The predicted octanol–water partition coefficient (Wildman–Crippen LogP) is 9.72. The molecule has 0 saturated carbocycles. The van der Waals surface area contributed by atoms with E-state index in [9.17, 15) is 4.79 Å². The van der Waals surface area contributed by atoms with Crippen LogP contribution < -0.4 is 5.32 Å². The molecule has 0 aliphatic rings. The van der Waals surface area contributed by atoms with Gasteiger partial charge >= 0.3 is 0 Å². The van der Waals surface area contributed by atoms with Crippen LogP contribution in [0.4, 0.5) is 0 Å². The van der Waals surface area contributed by atoms with Crippen LogP contribution in [-0.4, -0.2) is 35.5 Å². The van der Waals surface area contributed by atoms with Gasteiger partial charge in [-0.1, -0.05) is 97.6 Å². The third kappa shape index (κ3) is 11.8. The molecule has 6 heteroatoms. The lowest BCUT2D eigenvalue weighted by molar-refractivity contribution is -0.0987. The quantitative estimate of drug-likeness (QED) is 0.224. The minimum Gasteiger partial charge on any atom is -0.349 e. The standard InChI is InChI=1S/C28H33N3O.C4H10.C3H8.2CH2O/c1-6-9-21(10-7-2)30-28(32)22-15-23(20-12-8-11-17(3)13-20)25-24-14-18(4)16-29-27(24)31-26(25)19(22)5;1-4(2)3;1-3-2;2*1-2/h8,11-16,21H,6-7,9-10H2,1-5H3,(H,29,31)(H,30,32);4H,1-3H3;3H2,1-2H3;2*1H2. The number of aromatic nitrogens is 2. The molecule has 4 rings (SSSR count). The van der Waals surface area contributed by atoms with Crippen molar-refractivity contribution in [1.29, 1.82) is 0 Å². The Morgan fingerprint density at radius 2 is 1.44 bits per heavy atom. The molecule has 2 N–H and O–H groups in total. The van der Waals surface area contributed by atoms with Gasteiger partial charge in [-0.3, -0.25) is 4.79 Å². The number of H-pyrrole nitrogens is 1. The molecule has 43 heavy (non-hydrogen) atoms. The van der Waals surface area contributed by atoms with Gasteiger partial charge in [-0.25, -0.2) is 4.98 Å². The van der Waals surface area contributed by atoms with Gasteiger partial charge in [-0.15, -0.1) is 0 Å². The smallest absolute Gasteiger partial charge is 0.251 e. The van der Waals surface area contributed by atoms with Gasteiger partial charge in [0.25, 0.3) is 5.91 Å². The van der Waals surface area contributed by atoms with Crippen LogP contribution in [0.15, 0.2) is 42.6 Å². The Morgan fingerprint density at radius 3 is 1.95 bits per heavy atom. The number of amides is 1. The van der Waals surface area contributed by atoms with Crippen LogP contribution in [0.3, 0.4) is 0 Å². The average Bonchev–Trinajstić information content (AvgIpc) is 3.35. The number of hydrogen-bond acceptors (Lipinski definition) is 4. The summed E-state index contributed by atoms with van der Waals surface area (Å²) in [5, 5.41) is 5.54. The van der Waals surface area contributed by atoms with Gasteiger partial charge in [0.05, 0.1) is 5.52 Å². The summed E-state index contributed by atoms with van der Waals surface area (Å²) in [5.74, 6) is 0.841. The Hall–Kier alpha value is -3.80. The van der Waals surface area contributed by atoms with Crippen LogP contribution in [-0.2, 0) is 9.59 Å². The third-order valence-corrected chi connectivity index (χ3v) is 6.31. The second-order valence-corrected chi connectivity index (χ2v) is 11.4. The molecule has 2 heterocycles. The lowest BCUT2D eigenvalue weighted by Gasteiger charge is -2.19. The van der Waals surface area contributed by atoms with E-state index in [1.807, 2.05) is 26.7 Å². The lowest BCUT2D eigenvalue weighted by atomic mass is 9.92. The maximum absolute atomic E-state index is 13.4. The summed E-state index contributed by atoms with van der Waals surface area (Å²) in [6.45, 7) is 25.3. The first-order chi connectivity index (χ1) is 20.6. The van der Waals surface area contributed by atoms with E-state index in [1.165, 1.54) is 12.0 Å². The fourth-order valence-electron chi connectivity index (χ4n) is 4.72. The van der Waals surface area contributed by atoms with E-state index < -0.39 is 0 Å². The van der Waals surface area contributed by atoms with E-state index in [0.717, 1.165) is 81.4 Å². The van der Waals surface area contributed by atoms with Crippen molar-refractivity contribution in [3.63, 3.8) is 0 Å². The summed E-state index contributed by atoms with van der Waals surface area (Å²) < 4.78 is 0. The van der Waals surface area contributed by atoms with Crippen LogP contribution in [0.5, 0.6) is 0 Å². The average molecular weight is 590 g/mol. The Balaban J connectivity index is 0.00000141. The number of nitrogens with zero attached hydrogens (tertiary/aromatic N) is 1. The number of aryl methyl sites for hydroxylation is 3. The first kappa shape index (κ1) is 39.2. The number of aromatic amines is 1. The van der Waals surface area contributed by atoms with Gasteiger partial charge in [-0.05, 0) is 73.9 Å². The molecule has 2 aromatic carbocycles. The van der Waals surface area contributed by atoms with Crippen LogP contribution in [0.2, 0.25) is 0 Å². The highest BCUT2D eigenvalue weighted by molar-refractivity contribution is 6.17. The van der Waals surface area contributed by atoms with E-state index in [0.29, 0.717) is 0 Å². The Bertz CT molecular complexity index is 1380. The van der Waals surface area contributed by atoms with Gasteiger partial charge in [-0.2, -0.15) is 0 Å². The largest absolute Gasteiger partial charge is 0.349 e. The lowest BCUT2D eigenvalue weighted by Crippen LogP contribution is -2.35. The highest BCUT2D eigenvalue weighted by atomic mass is 16.1. The zero-order valence-electron chi connectivity index (χ0n) is 28.3. The molecule has 1 amide bonds. The minimum absolute atomic E-state index is 0.00741. The number of rotatable bonds is 7. The normalized spacial score (nSPS) is 10.0. The SMILES string of the molecule is C=O.C=O.CC(C)C.CCC.CCCC(CCC)NC(=O)c1cc(-c2cccc(C)c2)c2c([nH]c3ncc(C)cc32)c1C. The number of nitrogens with one attached hydrogen (secondary N) is 2. The van der Waals surface area contributed by atoms with Crippen LogP contribution in [0.1, 0.15) is 108 Å². The monoisotopic (exact) mass is 589 g/mol. The van der Waals surface area contributed by atoms with Crippen molar-refractivity contribution in [2.45, 2.75) is 107 Å². The summed E-state index contributed by atoms with van der Waals surface area (Å²) in [6, 6.07) is 12.9. The summed E-state index contributed by atoms with van der Waals surface area (Å²) in [5.41, 5.74) is 8.05. The van der Waals surface area contributed by atoms with Crippen LogP contribution in [0, 0.1) is 26.7 Å². The molecule has 6 nitrogen and oxygen atoms in total. The Kier molecular flexibility index (Phi) is 19.1. The summed E-state index contributed by atoms with van der Waals surface area (Å²) >= 11 is 0. The van der Waals surface area contributed by atoms with Crippen molar-refractivity contribution >= 4 is 41.4 Å². The molecule has 236 valence electrons. The van der Waals surface area contributed by atoms with Crippen molar-refractivity contribution in [2.24, 2.45) is 5.92 Å². The van der Waals surface area contributed by atoms with E-state index in [-0.39, 0.29) is 11.9 Å². The van der Waals surface area contributed by atoms with E-state index in [1.54, 1.807) is 0 Å². The summed E-state index contributed by atoms with van der Waals surface area (Å²) in [7, 11) is 0. The summed E-state index contributed by atoms with van der Waals surface area (Å²) in [4.78, 5) is 37.6. The number of fused-ring (bicyclic) bond motifs is 3. The maximum Gasteiger partial charge on any atom is 0.251 e. The molecule has 0 aliphatic heterocycles. The number of carbonyl (C=O) groups excluding carboxylic acids is 3. The highest BCUT2D eigenvalue weighted by Gasteiger charge is 2.21. The Morgan fingerprint density at radius 1 is 0.884 bits per heavy atom. The second-order valence-electron chi connectivity index (χ2n) is 11.4. The maximum atomic E-state index is 13.4. The van der Waals surface area contributed by atoms with Crippen molar-refractivity contribution in [3.05, 3.63) is 64.8 Å². The molecule has 2 aromatic heterocycles. The highest BCUT2D eigenvalue weighted by Crippen LogP contribution is 2.38. The fraction of sp³-hybridized carbons (Fsp3) is 0.459. The van der Waals surface area contributed by atoms with Gasteiger partial charge in [0, 0.05) is 28.6 Å². The molecule has 0 unspecified atom stereocenters. The van der Waals surface area contributed by atoms with Crippen molar-refractivity contribution < 1.29 is 14.4 Å². The zero-order chi connectivity index (χ0) is 33.1. The van der Waals surface area contributed by atoms with E-state index in [4.69, 9.17) is 9.59 Å². The molecule has 0 saturated heterocycles. The van der Waals surface area contributed by atoms with Crippen molar-refractivity contribution in [2.75, 3.05) is 0 Å². The molecule has 4 aromatic rings. The second kappa shape index (κ2) is 21.0. The summed E-state index contributed by atoms with van der Waals surface area (Å²) in [6.07, 6.45) is 7.25. The van der Waals surface area contributed by atoms with Crippen molar-refractivity contribution in [3.8, 4) is 11.1 Å². The van der Waals surface area contributed by atoms with Crippen LogP contribution >= 0.6 is 0 Å². The first-order valence-electron chi connectivity index (χ1n) is 15.4. The van der Waals surface area contributed by atoms with Gasteiger partial charge < -0.3 is 19.9 Å². The molecular weight excluding hydrogens is 534 g/mol. The third-order valence-electron chi connectivity index (χ3n) is 6.31. The molecule has 0 fully saturated rings. The number of pyridine rings is 1. The van der Waals surface area contributed by atoms with Crippen molar-refractivity contribution in [1.82, 2.24) is 15.3 Å². The molecule has 0 aliphatic carbocycles. The van der Waals surface area contributed by atoms with Gasteiger partial charge in [0.1, 0.15) is 19.2 Å². The fourth-order valence-corrected chi connectivity index (χ4v) is 4.72. The number of hydrogen-bond donors (Lipinski definition) is 2. The van der Waals surface area contributed by atoms with Crippen LogP contribution in [0.25, 0.3) is 33.1 Å². The zero-order valence-corrected chi connectivity index (χ0v) is 28.3. The minimum atomic E-state index is 0.00741. The Labute approximate surface area is 260 Å². The van der Waals surface area contributed by atoms with Gasteiger partial charge in [0.2, 0.25) is 0 Å². The molecular formula is C37H55N3O3. The molecule has 0 spiro atoms. The van der Waals surface area contributed by atoms with E-state index >= 15 is 0 Å². The van der Waals surface area contributed by atoms with E-state index in [2.05, 4.69) is 114 Å².